The van der Waals surface area contributed by atoms with Gasteiger partial charge in [0.2, 0.25) is 0 Å². The largest absolute Gasteiger partial charge is 0.384 e. The Hall–Kier alpha value is -1.25. The van der Waals surface area contributed by atoms with Gasteiger partial charge in [-0.05, 0) is 12.8 Å². The summed E-state index contributed by atoms with van der Waals surface area (Å²) in [5.74, 6) is 2.76. The predicted octanol–water partition coefficient (Wildman–Crippen LogP) is 3.68. The van der Waals surface area contributed by atoms with Crippen molar-refractivity contribution in [1.29, 1.82) is 0 Å². The van der Waals surface area contributed by atoms with Crippen molar-refractivity contribution in [3.8, 4) is 0 Å². The average Bonchev–Trinajstić information content (AvgIpc) is 2.61. The maximum absolute atomic E-state index is 6.23. The molecule has 0 fully saturated rings. The summed E-state index contributed by atoms with van der Waals surface area (Å²) in [6, 6.07) is 0. The minimum absolute atomic E-state index is 0.389. The van der Waals surface area contributed by atoms with Gasteiger partial charge in [-0.2, -0.15) is 0 Å². The van der Waals surface area contributed by atoms with E-state index in [4.69, 9.17) is 10.7 Å². The third-order valence-electron chi connectivity index (χ3n) is 3.27. The van der Waals surface area contributed by atoms with E-state index >= 15 is 0 Å². The summed E-state index contributed by atoms with van der Waals surface area (Å²) in [7, 11) is 0. The van der Waals surface area contributed by atoms with Crippen molar-refractivity contribution in [2.24, 2.45) is 0 Å². The fourth-order valence-corrected chi connectivity index (χ4v) is 2.24. The Morgan fingerprint density at radius 2 is 1.94 bits per heavy atom. The zero-order valence-electron chi connectivity index (χ0n) is 11.5. The van der Waals surface area contributed by atoms with Crippen molar-refractivity contribution in [2.75, 3.05) is 5.73 Å². The standard InChI is InChI=1S/C14H25N3/c1-6-9-17-13(15)12(11(7-2)8-3)16-14(17)10(4)5/h6,10-11H,1,7-9,15H2,2-5H3. The van der Waals surface area contributed by atoms with E-state index in [2.05, 4.69) is 38.8 Å². The summed E-state index contributed by atoms with van der Waals surface area (Å²) < 4.78 is 2.09. The molecule has 0 aromatic carbocycles. The number of nitrogens with zero attached hydrogens (tertiary/aromatic N) is 2. The van der Waals surface area contributed by atoms with Crippen LogP contribution in [-0.2, 0) is 6.54 Å². The van der Waals surface area contributed by atoms with Crippen LogP contribution in [0.15, 0.2) is 12.7 Å². The summed E-state index contributed by atoms with van der Waals surface area (Å²) in [6.45, 7) is 13.2. The molecular weight excluding hydrogens is 210 g/mol. The van der Waals surface area contributed by atoms with Gasteiger partial charge in [0.05, 0.1) is 5.69 Å². The van der Waals surface area contributed by atoms with E-state index < -0.39 is 0 Å². The van der Waals surface area contributed by atoms with Gasteiger partial charge in [-0.25, -0.2) is 4.98 Å². The molecule has 0 aliphatic carbocycles. The number of nitrogen functional groups attached to an aromatic ring is 1. The highest BCUT2D eigenvalue weighted by Gasteiger charge is 2.20. The van der Waals surface area contributed by atoms with Gasteiger partial charge in [-0.15, -0.1) is 6.58 Å². The predicted molar refractivity (Wildman–Crippen MR) is 74.2 cm³/mol. The molecule has 1 rings (SSSR count). The molecule has 1 aromatic rings. The van der Waals surface area contributed by atoms with Gasteiger partial charge in [-0.3, -0.25) is 0 Å². The zero-order valence-corrected chi connectivity index (χ0v) is 11.5. The van der Waals surface area contributed by atoms with Crippen LogP contribution in [-0.4, -0.2) is 9.55 Å². The van der Waals surface area contributed by atoms with E-state index in [9.17, 15) is 0 Å². The molecule has 0 aliphatic heterocycles. The van der Waals surface area contributed by atoms with Crippen LogP contribution in [0.1, 0.15) is 63.9 Å². The van der Waals surface area contributed by atoms with E-state index in [1.807, 2.05) is 6.08 Å². The first-order valence-electron chi connectivity index (χ1n) is 6.53. The fraction of sp³-hybridized carbons (Fsp3) is 0.643. The van der Waals surface area contributed by atoms with Crippen LogP contribution in [0.3, 0.4) is 0 Å². The lowest BCUT2D eigenvalue weighted by Crippen LogP contribution is -2.08. The second kappa shape index (κ2) is 5.89. The lowest BCUT2D eigenvalue weighted by atomic mass is 9.99. The molecule has 3 heteroatoms. The second-order valence-electron chi connectivity index (χ2n) is 4.81. The van der Waals surface area contributed by atoms with Crippen LogP contribution in [0, 0.1) is 0 Å². The maximum atomic E-state index is 6.23. The monoisotopic (exact) mass is 235 g/mol. The molecule has 0 radical (unpaired) electrons. The number of allylic oxidation sites excluding steroid dienone is 1. The molecule has 0 amide bonds. The zero-order chi connectivity index (χ0) is 13.0. The molecule has 0 bridgehead atoms. The molecule has 0 aliphatic rings. The van der Waals surface area contributed by atoms with E-state index in [0.29, 0.717) is 11.8 Å². The van der Waals surface area contributed by atoms with Crippen LogP contribution < -0.4 is 5.73 Å². The van der Waals surface area contributed by atoms with Gasteiger partial charge in [-0.1, -0.05) is 33.8 Å². The number of nitrogens with two attached hydrogens (primary N) is 1. The van der Waals surface area contributed by atoms with E-state index in [0.717, 1.165) is 36.7 Å². The molecule has 0 saturated carbocycles. The van der Waals surface area contributed by atoms with Crippen LogP contribution in [0.25, 0.3) is 0 Å². The molecule has 17 heavy (non-hydrogen) atoms. The summed E-state index contributed by atoms with van der Waals surface area (Å²) >= 11 is 0. The summed E-state index contributed by atoms with van der Waals surface area (Å²) in [5.41, 5.74) is 7.30. The highest BCUT2D eigenvalue weighted by atomic mass is 15.1. The summed E-state index contributed by atoms with van der Waals surface area (Å²) in [4.78, 5) is 4.76. The van der Waals surface area contributed by atoms with Gasteiger partial charge in [0.25, 0.3) is 0 Å². The Kier molecular flexibility index (Phi) is 4.79. The second-order valence-corrected chi connectivity index (χ2v) is 4.81. The lowest BCUT2D eigenvalue weighted by Gasteiger charge is -2.11. The van der Waals surface area contributed by atoms with Crippen LogP contribution in [0.4, 0.5) is 5.82 Å². The van der Waals surface area contributed by atoms with Crippen molar-refractivity contribution in [2.45, 2.75) is 58.9 Å². The minimum atomic E-state index is 0.389. The summed E-state index contributed by atoms with van der Waals surface area (Å²) in [5, 5.41) is 0. The Bertz CT molecular complexity index is 373. The third kappa shape index (κ3) is 2.71. The number of imidazole rings is 1. The Balaban J connectivity index is 3.24. The Labute approximate surface area is 105 Å². The maximum Gasteiger partial charge on any atom is 0.127 e. The number of anilines is 1. The molecule has 1 aromatic heterocycles. The number of hydrogen-bond acceptors (Lipinski definition) is 2. The normalized spacial score (nSPS) is 11.4. The highest BCUT2D eigenvalue weighted by Crippen LogP contribution is 2.30. The van der Waals surface area contributed by atoms with Crippen molar-refractivity contribution >= 4 is 5.82 Å². The molecule has 3 nitrogen and oxygen atoms in total. The quantitative estimate of drug-likeness (QED) is 0.764. The molecule has 1 heterocycles. The molecule has 0 unspecified atom stereocenters. The van der Waals surface area contributed by atoms with Crippen molar-refractivity contribution < 1.29 is 0 Å². The molecule has 96 valence electrons. The molecular formula is C14H25N3. The Morgan fingerprint density at radius 1 is 1.35 bits per heavy atom. The molecule has 2 N–H and O–H groups in total. The van der Waals surface area contributed by atoms with Gasteiger partial charge in [0.1, 0.15) is 11.6 Å². The van der Waals surface area contributed by atoms with Gasteiger partial charge in [0.15, 0.2) is 0 Å². The van der Waals surface area contributed by atoms with E-state index in [1.165, 1.54) is 0 Å². The topological polar surface area (TPSA) is 43.8 Å². The summed E-state index contributed by atoms with van der Waals surface area (Å²) in [6.07, 6.45) is 4.05. The highest BCUT2D eigenvalue weighted by molar-refractivity contribution is 5.41. The SMILES string of the molecule is C=CCn1c(C(C)C)nc(C(CC)CC)c1N. The molecule has 0 spiro atoms. The van der Waals surface area contributed by atoms with Gasteiger partial charge >= 0.3 is 0 Å². The van der Waals surface area contributed by atoms with Crippen LogP contribution >= 0.6 is 0 Å². The number of aromatic nitrogens is 2. The van der Waals surface area contributed by atoms with Crippen LogP contribution in [0.2, 0.25) is 0 Å². The van der Waals surface area contributed by atoms with Gasteiger partial charge in [0, 0.05) is 18.4 Å². The first-order chi connectivity index (χ1) is 8.06. The Morgan fingerprint density at radius 3 is 2.35 bits per heavy atom. The first kappa shape index (κ1) is 13.8. The number of hydrogen-bond donors (Lipinski definition) is 1. The third-order valence-corrected chi connectivity index (χ3v) is 3.27. The van der Waals surface area contributed by atoms with Gasteiger partial charge < -0.3 is 10.3 Å². The van der Waals surface area contributed by atoms with E-state index in [-0.39, 0.29) is 0 Å². The number of rotatable bonds is 6. The fourth-order valence-electron chi connectivity index (χ4n) is 2.24. The van der Waals surface area contributed by atoms with E-state index in [1.54, 1.807) is 0 Å². The first-order valence-corrected chi connectivity index (χ1v) is 6.53. The minimum Gasteiger partial charge on any atom is -0.384 e. The average molecular weight is 235 g/mol. The van der Waals surface area contributed by atoms with Crippen molar-refractivity contribution in [1.82, 2.24) is 9.55 Å². The smallest absolute Gasteiger partial charge is 0.127 e. The molecule has 0 atom stereocenters. The lowest BCUT2D eigenvalue weighted by molar-refractivity contribution is 0.624. The van der Waals surface area contributed by atoms with Crippen LogP contribution in [0.5, 0.6) is 0 Å². The van der Waals surface area contributed by atoms with Crippen molar-refractivity contribution in [3.05, 3.63) is 24.2 Å². The molecule has 0 saturated heterocycles. The van der Waals surface area contributed by atoms with Crippen molar-refractivity contribution in [3.63, 3.8) is 0 Å².